The van der Waals surface area contributed by atoms with Crippen LogP contribution in [0.5, 0.6) is 11.5 Å². The molecule has 0 aliphatic rings. The molecule has 0 radical (unpaired) electrons. The number of carbonyl (C=O) groups excluding carboxylic acids is 1. The number of amides is 1. The Kier molecular flexibility index (Phi) is 3.92. The van der Waals surface area contributed by atoms with E-state index < -0.39 is 0 Å². The highest BCUT2D eigenvalue weighted by Crippen LogP contribution is 2.29. The van der Waals surface area contributed by atoms with Gasteiger partial charge in [0.25, 0.3) is 5.91 Å². The minimum absolute atomic E-state index is 0.211. The number of para-hydroxylation sites is 1. The van der Waals surface area contributed by atoms with Gasteiger partial charge < -0.3 is 15.8 Å². The third-order valence-corrected chi connectivity index (χ3v) is 2.89. The SMILES string of the molecule is CNC(=O)c1ccccc1Oc1ccc(N)c(Cl)c1. The number of hydrogen-bond acceptors (Lipinski definition) is 3. The van der Waals surface area contributed by atoms with Gasteiger partial charge in [0.1, 0.15) is 11.5 Å². The van der Waals surface area contributed by atoms with E-state index in [2.05, 4.69) is 5.32 Å². The van der Waals surface area contributed by atoms with E-state index in [1.54, 1.807) is 49.5 Å². The van der Waals surface area contributed by atoms with Crippen LogP contribution in [0.25, 0.3) is 0 Å². The first kappa shape index (κ1) is 13.2. The molecule has 0 atom stereocenters. The number of nitrogens with two attached hydrogens (primary N) is 1. The molecule has 0 fully saturated rings. The fourth-order valence-electron chi connectivity index (χ4n) is 1.58. The average Bonchev–Trinajstić information content (AvgIpc) is 2.43. The van der Waals surface area contributed by atoms with E-state index in [9.17, 15) is 4.79 Å². The molecule has 4 nitrogen and oxygen atoms in total. The Labute approximate surface area is 116 Å². The van der Waals surface area contributed by atoms with E-state index in [0.717, 1.165) is 0 Å². The van der Waals surface area contributed by atoms with Crippen LogP contribution in [-0.4, -0.2) is 13.0 Å². The predicted molar refractivity (Wildman–Crippen MR) is 75.8 cm³/mol. The molecular weight excluding hydrogens is 264 g/mol. The molecule has 2 aromatic rings. The van der Waals surface area contributed by atoms with Crippen molar-refractivity contribution in [2.24, 2.45) is 0 Å². The zero-order chi connectivity index (χ0) is 13.8. The van der Waals surface area contributed by atoms with Gasteiger partial charge >= 0.3 is 0 Å². The van der Waals surface area contributed by atoms with Gasteiger partial charge in [0, 0.05) is 13.1 Å². The van der Waals surface area contributed by atoms with Crippen LogP contribution in [0.3, 0.4) is 0 Å². The molecule has 1 amide bonds. The van der Waals surface area contributed by atoms with Crippen LogP contribution < -0.4 is 15.8 Å². The lowest BCUT2D eigenvalue weighted by molar-refractivity contribution is 0.0961. The molecule has 19 heavy (non-hydrogen) atoms. The van der Waals surface area contributed by atoms with Gasteiger partial charge in [0.2, 0.25) is 0 Å². The Morgan fingerprint density at radius 2 is 2.00 bits per heavy atom. The molecule has 2 rings (SSSR count). The number of halogens is 1. The fraction of sp³-hybridized carbons (Fsp3) is 0.0714. The van der Waals surface area contributed by atoms with E-state index in [0.29, 0.717) is 27.8 Å². The van der Waals surface area contributed by atoms with E-state index in [1.165, 1.54) is 0 Å². The van der Waals surface area contributed by atoms with Crippen molar-refractivity contribution < 1.29 is 9.53 Å². The molecule has 2 aromatic carbocycles. The lowest BCUT2D eigenvalue weighted by Gasteiger charge is -2.10. The zero-order valence-corrected chi connectivity index (χ0v) is 11.1. The number of carbonyl (C=O) groups is 1. The van der Waals surface area contributed by atoms with Crippen molar-refractivity contribution >= 4 is 23.2 Å². The Morgan fingerprint density at radius 3 is 2.68 bits per heavy atom. The Bertz CT molecular complexity index is 614. The summed E-state index contributed by atoms with van der Waals surface area (Å²) < 4.78 is 5.67. The monoisotopic (exact) mass is 276 g/mol. The van der Waals surface area contributed by atoms with Crippen LogP contribution in [0, 0.1) is 0 Å². The number of benzene rings is 2. The normalized spacial score (nSPS) is 10.0. The predicted octanol–water partition coefficient (Wildman–Crippen LogP) is 3.07. The standard InChI is InChI=1S/C14H13ClN2O2/c1-17-14(18)10-4-2-3-5-13(10)19-9-6-7-12(16)11(15)8-9/h2-8H,16H2,1H3,(H,17,18). The maximum absolute atomic E-state index is 11.7. The van der Waals surface area contributed by atoms with E-state index in [1.807, 2.05) is 0 Å². The van der Waals surface area contributed by atoms with Gasteiger partial charge in [-0.25, -0.2) is 0 Å². The molecular formula is C14H13ClN2O2. The number of rotatable bonds is 3. The van der Waals surface area contributed by atoms with E-state index >= 15 is 0 Å². The summed E-state index contributed by atoms with van der Waals surface area (Å²) in [5.74, 6) is 0.774. The highest BCUT2D eigenvalue weighted by atomic mass is 35.5. The second kappa shape index (κ2) is 5.63. The lowest BCUT2D eigenvalue weighted by atomic mass is 10.2. The molecule has 0 aliphatic heterocycles. The lowest BCUT2D eigenvalue weighted by Crippen LogP contribution is -2.18. The van der Waals surface area contributed by atoms with Crippen molar-refractivity contribution in [2.75, 3.05) is 12.8 Å². The summed E-state index contributed by atoms with van der Waals surface area (Å²) in [6.07, 6.45) is 0. The summed E-state index contributed by atoms with van der Waals surface area (Å²) in [5, 5.41) is 2.97. The molecule has 3 N–H and O–H groups in total. The molecule has 0 unspecified atom stereocenters. The van der Waals surface area contributed by atoms with Crippen LogP contribution in [0.15, 0.2) is 42.5 Å². The van der Waals surface area contributed by atoms with Gasteiger partial charge in [0.15, 0.2) is 0 Å². The zero-order valence-electron chi connectivity index (χ0n) is 10.3. The molecule has 0 heterocycles. The Morgan fingerprint density at radius 1 is 1.26 bits per heavy atom. The van der Waals surface area contributed by atoms with Gasteiger partial charge in [-0.3, -0.25) is 4.79 Å². The van der Waals surface area contributed by atoms with Crippen LogP contribution >= 0.6 is 11.6 Å². The summed E-state index contributed by atoms with van der Waals surface area (Å²) >= 11 is 5.93. The highest BCUT2D eigenvalue weighted by Gasteiger charge is 2.11. The third kappa shape index (κ3) is 2.98. The van der Waals surface area contributed by atoms with Crippen molar-refractivity contribution in [2.45, 2.75) is 0 Å². The molecule has 0 spiro atoms. The maximum atomic E-state index is 11.7. The summed E-state index contributed by atoms with van der Waals surface area (Å²) in [7, 11) is 1.57. The molecule has 0 aromatic heterocycles. The molecule has 0 aliphatic carbocycles. The number of hydrogen-bond donors (Lipinski definition) is 2. The van der Waals surface area contributed by atoms with Crippen LogP contribution in [0.4, 0.5) is 5.69 Å². The third-order valence-electron chi connectivity index (χ3n) is 2.56. The van der Waals surface area contributed by atoms with E-state index in [-0.39, 0.29) is 5.91 Å². The van der Waals surface area contributed by atoms with Crippen molar-refractivity contribution in [3.05, 3.63) is 53.1 Å². The van der Waals surface area contributed by atoms with Crippen molar-refractivity contribution in [3.8, 4) is 11.5 Å². The second-order valence-corrected chi connectivity index (χ2v) is 4.27. The second-order valence-electron chi connectivity index (χ2n) is 3.86. The molecule has 0 bridgehead atoms. The summed E-state index contributed by atoms with van der Waals surface area (Å²) in [6.45, 7) is 0. The van der Waals surface area contributed by atoms with Crippen molar-refractivity contribution in [3.63, 3.8) is 0 Å². The largest absolute Gasteiger partial charge is 0.456 e. The van der Waals surface area contributed by atoms with Crippen molar-refractivity contribution in [1.29, 1.82) is 0 Å². The minimum Gasteiger partial charge on any atom is -0.456 e. The quantitative estimate of drug-likeness (QED) is 0.847. The fourth-order valence-corrected chi connectivity index (χ4v) is 1.75. The maximum Gasteiger partial charge on any atom is 0.254 e. The van der Waals surface area contributed by atoms with Gasteiger partial charge in [0.05, 0.1) is 16.3 Å². The topological polar surface area (TPSA) is 64.3 Å². The van der Waals surface area contributed by atoms with Gasteiger partial charge in [-0.05, 0) is 24.3 Å². The minimum atomic E-state index is -0.211. The molecule has 5 heteroatoms. The van der Waals surface area contributed by atoms with Gasteiger partial charge in [-0.2, -0.15) is 0 Å². The molecule has 0 saturated carbocycles. The number of anilines is 1. The molecule has 0 saturated heterocycles. The van der Waals surface area contributed by atoms with Crippen molar-refractivity contribution in [1.82, 2.24) is 5.32 Å². The Hall–Kier alpha value is -2.20. The molecule has 98 valence electrons. The number of nitrogens with one attached hydrogen (secondary N) is 1. The first-order valence-electron chi connectivity index (χ1n) is 5.66. The summed E-state index contributed by atoms with van der Waals surface area (Å²) in [4.78, 5) is 11.7. The van der Waals surface area contributed by atoms with Crippen LogP contribution in [0.1, 0.15) is 10.4 Å². The highest BCUT2D eigenvalue weighted by molar-refractivity contribution is 6.33. The summed E-state index contributed by atoms with van der Waals surface area (Å²) in [5.41, 5.74) is 6.57. The Balaban J connectivity index is 2.32. The smallest absolute Gasteiger partial charge is 0.254 e. The summed E-state index contributed by atoms with van der Waals surface area (Å²) in [6, 6.07) is 11.9. The first-order chi connectivity index (χ1) is 9.11. The van der Waals surface area contributed by atoms with Crippen LogP contribution in [-0.2, 0) is 0 Å². The van der Waals surface area contributed by atoms with E-state index in [4.69, 9.17) is 22.1 Å². The number of nitrogen functional groups attached to an aromatic ring is 1. The van der Waals surface area contributed by atoms with Crippen LogP contribution in [0.2, 0.25) is 5.02 Å². The van der Waals surface area contributed by atoms with Gasteiger partial charge in [-0.1, -0.05) is 23.7 Å². The number of ether oxygens (including phenoxy) is 1. The average molecular weight is 277 g/mol. The van der Waals surface area contributed by atoms with Gasteiger partial charge in [-0.15, -0.1) is 0 Å². The first-order valence-corrected chi connectivity index (χ1v) is 6.03.